The van der Waals surface area contributed by atoms with E-state index >= 15 is 0 Å². The quantitative estimate of drug-likeness (QED) is 0.546. The Kier molecular flexibility index (Phi) is 6.99. The van der Waals surface area contributed by atoms with E-state index < -0.39 is 12.1 Å². The van der Waals surface area contributed by atoms with Crippen molar-refractivity contribution in [1.29, 1.82) is 0 Å². The molecule has 1 atom stereocenters. The zero-order valence-corrected chi connectivity index (χ0v) is 19.4. The van der Waals surface area contributed by atoms with Crippen LogP contribution in [0.1, 0.15) is 53.9 Å². The van der Waals surface area contributed by atoms with Gasteiger partial charge in [0.1, 0.15) is 5.82 Å². The van der Waals surface area contributed by atoms with E-state index in [9.17, 15) is 9.59 Å². The SMILES string of the molecule is CCCN1CCc2nc3ccccc3c(C(=O)OC(CC)C(=O)Nc3ncccc3C)c2C1. The number of para-hydroxylation sites is 1. The predicted molar refractivity (Wildman–Crippen MR) is 128 cm³/mol. The van der Waals surface area contributed by atoms with Crippen molar-refractivity contribution < 1.29 is 14.3 Å². The zero-order valence-electron chi connectivity index (χ0n) is 19.4. The van der Waals surface area contributed by atoms with E-state index in [-0.39, 0.29) is 5.91 Å². The Morgan fingerprint density at radius 3 is 2.76 bits per heavy atom. The number of hydrogen-bond donors (Lipinski definition) is 1. The molecule has 0 spiro atoms. The Balaban J connectivity index is 1.65. The molecule has 0 aliphatic carbocycles. The monoisotopic (exact) mass is 446 g/mol. The highest BCUT2D eigenvalue weighted by Crippen LogP contribution is 2.29. The first kappa shape index (κ1) is 22.9. The summed E-state index contributed by atoms with van der Waals surface area (Å²) in [6.45, 7) is 8.38. The van der Waals surface area contributed by atoms with E-state index in [4.69, 9.17) is 9.72 Å². The normalized spacial score (nSPS) is 14.5. The molecule has 0 bridgehead atoms. The van der Waals surface area contributed by atoms with E-state index in [0.29, 0.717) is 24.3 Å². The second-order valence-electron chi connectivity index (χ2n) is 8.42. The average Bonchev–Trinajstić information content (AvgIpc) is 2.82. The minimum Gasteiger partial charge on any atom is -0.449 e. The predicted octanol–water partition coefficient (Wildman–Crippen LogP) is 4.28. The molecule has 0 saturated carbocycles. The van der Waals surface area contributed by atoms with Gasteiger partial charge in [-0.15, -0.1) is 0 Å². The topological polar surface area (TPSA) is 84.4 Å². The van der Waals surface area contributed by atoms with Gasteiger partial charge in [0.2, 0.25) is 0 Å². The lowest BCUT2D eigenvalue weighted by atomic mass is 9.95. The van der Waals surface area contributed by atoms with Crippen LogP contribution in [0.25, 0.3) is 10.9 Å². The fourth-order valence-corrected chi connectivity index (χ4v) is 4.31. The van der Waals surface area contributed by atoms with Crippen LogP contribution in [-0.4, -0.2) is 45.9 Å². The van der Waals surface area contributed by atoms with E-state index in [1.54, 1.807) is 6.20 Å². The second-order valence-corrected chi connectivity index (χ2v) is 8.42. The van der Waals surface area contributed by atoms with Crippen molar-refractivity contribution in [2.45, 2.75) is 52.7 Å². The molecule has 3 heterocycles. The van der Waals surface area contributed by atoms with Crippen molar-refractivity contribution in [1.82, 2.24) is 14.9 Å². The van der Waals surface area contributed by atoms with Crippen LogP contribution in [0.4, 0.5) is 5.82 Å². The summed E-state index contributed by atoms with van der Waals surface area (Å²) in [6.07, 6.45) is 2.89. The van der Waals surface area contributed by atoms with Gasteiger partial charge in [0.25, 0.3) is 5.91 Å². The molecule has 2 aromatic heterocycles. The van der Waals surface area contributed by atoms with Gasteiger partial charge in [0, 0.05) is 42.4 Å². The summed E-state index contributed by atoms with van der Waals surface area (Å²) in [5, 5.41) is 3.55. The Morgan fingerprint density at radius 1 is 1.18 bits per heavy atom. The van der Waals surface area contributed by atoms with Gasteiger partial charge in [0.15, 0.2) is 6.10 Å². The van der Waals surface area contributed by atoms with Crippen molar-refractivity contribution in [2.24, 2.45) is 0 Å². The highest BCUT2D eigenvalue weighted by molar-refractivity contribution is 6.06. The molecule has 0 fully saturated rings. The largest absolute Gasteiger partial charge is 0.449 e. The third-order valence-corrected chi connectivity index (χ3v) is 6.03. The number of hydrogen-bond acceptors (Lipinski definition) is 6. The van der Waals surface area contributed by atoms with E-state index in [1.807, 2.05) is 50.2 Å². The number of fused-ring (bicyclic) bond motifs is 2. The van der Waals surface area contributed by atoms with Gasteiger partial charge >= 0.3 is 5.97 Å². The first-order valence-electron chi connectivity index (χ1n) is 11.6. The number of esters is 1. The molecule has 1 aliphatic rings. The van der Waals surface area contributed by atoms with Crippen molar-refractivity contribution >= 4 is 28.6 Å². The third-order valence-electron chi connectivity index (χ3n) is 6.03. The standard InChI is InChI=1S/C26H30N4O3/c1-4-14-30-15-12-21-19(16-30)23(18-10-6-7-11-20(18)28-21)26(32)33-22(5-2)25(31)29-24-17(3)9-8-13-27-24/h6-11,13,22H,4-5,12,14-16H2,1-3H3,(H,27,29,31). The summed E-state index contributed by atoms with van der Waals surface area (Å²) in [5.74, 6) is -0.394. The van der Waals surface area contributed by atoms with Gasteiger partial charge in [-0.1, -0.05) is 38.1 Å². The van der Waals surface area contributed by atoms with Crippen LogP contribution in [0, 0.1) is 6.92 Å². The number of rotatable bonds is 7. The molecule has 7 nitrogen and oxygen atoms in total. The van der Waals surface area contributed by atoms with Gasteiger partial charge in [-0.3, -0.25) is 14.7 Å². The number of amides is 1. The number of pyridine rings is 2. The molecule has 1 aromatic carbocycles. The van der Waals surface area contributed by atoms with Crippen LogP contribution in [-0.2, 0) is 22.5 Å². The molecular formula is C26H30N4O3. The Labute approximate surface area is 194 Å². The Bertz CT molecular complexity index is 1180. The molecule has 1 unspecified atom stereocenters. The van der Waals surface area contributed by atoms with Gasteiger partial charge in [-0.2, -0.15) is 0 Å². The van der Waals surface area contributed by atoms with Crippen LogP contribution in [0.5, 0.6) is 0 Å². The molecule has 0 radical (unpaired) electrons. The number of anilines is 1. The molecule has 33 heavy (non-hydrogen) atoms. The minimum absolute atomic E-state index is 0.358. The summed E-state index contributed by atoms with van der Waals surface area (Å²) in [4.78, 5) is 37.8. The summed E-state index contributed by atoms with van der Waals surface area (Å²) in [5.41, 5.74) is 3.99. The fourth-order valence-electron chi connectivity index (χ4n) is 4.31. The minimum atomic E-state index is -0.920. The van der Waals surface area contributed by atoms with E-state index in [1.165, 1.54) is 0 Å². The fraction of sp³-hybridized carbons (Fsp3) is 0.385. The van der Waals surface area contributed by atoms with E-state index in [0.717, 1.165) is 53.7 Å². The molecule has 3 aromatic rings. The number of carbonyl (C=O) groups is 2. The summed E-state index contributed by atoms with van der Waals surface area (Å²) < 4.78 is 5.80. The maximum absolute atomic E-state index is 13.5. The number of carbonyl (C=O) groups excluding carboxylic acids is 2. The molecule has 0 saturated heterocycles. The Morgan fingerprint density at radius 2 is 2.00 bits per heavy atom. The lowest BCUT2D eigenvalue weighted by Crippen LogP contribution is -2.35. The van der Waals surface area contributed by atoms with Crippen LogP contribution in [0.3, 0.4) is 0 Å². The first-order chi connectivity index (χ1) is 16.0. The molecule has 1 aliphatic heterocycles. The van der Waals surface area contributed by atoms with Crippen LogP contribution in [0.2, 0.25) is 0 Å². The lowest BCUT2D eigenvalue weighted by molar-refractivity contribution is -0.124. The molecule has 7 heteroatoms. The van der Waals surface area contributed by atoms with Gasteiger partial charge in [0.05, 0.1) is 11.1 Å². The van der Waals surface area contributed by atoms with Gasteiger partial charge in [-0.05, 0) is 44.0 Å². The van der Waals surface area contributed by atoms with Gasteiger partial charge < -0.3 is 10.1 Å². The second kappa shape index (κ2) is 10.1. The average molecular weight is 447 g/mol. The van der Waals surface area contributed by atoms with Gasteiger partial charge in [-0.25, -0.2) is 9.78 Å². The molecule has 4 rings (SSSR count). The highest BCUT2D eigenvalue weighted by Gasteiger charge is 2.29. The third kappa shape index (κ3) is 4.88. The highest BCUT2D eigenvalue weighted by atomic mass is 16.5. The van der Waals surface area contributed by atoms with Crippen LogP contribution >= 0.6 is 0 Å². The smallest absolute Gasteiger partial charge is 0.340 e. The number of aryl methyl sites for hydroxylation is 1. The number of benzene rings is 1. The summed E-state index contributed by atoms with van der Waals surface area (Å²) in [6, 6.07) is 11.3. The lowest BCUT2D eigenvalue weighted by Gasteiger charge is -2.30. The maximum atomic E-state index is 13.5. The van der Waals surface area contributed by atoms with Crippen LogP contribution in [0.15, 0.2) is 42.6 Å². The number of nitrogens with zero attached hydrogens (tertiary/aromatic N) is 3. The number of aromatic nitrogens is 2. The number of nitrogens with one attached hydrogen (secondary N) is 1. The van der Waals surface area contributed by atoms with Crippen molar-refractivity contribution in [3.05, 3.63) is 65.0 Å². The molecule has 1 amide bonds. The molecular weight excluding hydrogens is 416 g/mol. The molecule has 172 valence electrons. The maximum Gasteiger partial charge on any atom is 0.340 e. The summed E-state index contributed by atoms with van der Waals surface area (Å²) in [7, 11) is 0. The summed E-state index contributed by atoms with van der Waals surface area (Å²) >= 11 is 0. The zero-order chi connectivity index (χ0) is 23.4. The Hall–Kier alpha value is -3.32. The first-order valence-corrected chi connectivity index (χ1v) is 11.6. The van der Waals surface area contributed by atoms with Crippen molar-refractivity contribution in [2.75, 3.05) is 18.4 Å². The van der Waals surface area contributed by atoms with Crippen molar-refractivity contribution in [3.8, 4) is 0 Å². The number of ether oxygens (including phenoxy) is 1. The molecule has 1 N–H and O–H groups in total. The van der Waals surface area contributed by atoms with Crippen molar-refractivity contribution in [3.63, 3.8) is 0 Å². The van der Waals surface area contributed by atoms with Crippen LogP contribution < -0.4 is 5.32 Å². The van der Waals surface area contributed by atoms with E-state index in [2.05, 4.69) is 22.1 Å².